The molecule has 0 spiro atoms. The van der Waals surface area contributed by atoms with Gasteiger partial charge in [-0.2, -0.15) is 5.10 Å². The number of carbonyl (C=O) groups is 2. The van der Waals surface area contributed by atoms with Crippen molar-refractivity contribution in [1.29, 1.82) is 0 Å². The number of esters is 1. The molecule has 1 fully saturated rings. The van der Waals surface area contributed by atoms with E-state index in [0.29, 0.717) is 22.7 Å². The molecule has 0 saturated heterocycles. The van der Waals surface area contributed by atoms with Crippen LogP contribution < -0.4 is 0 Å². The van der Waals surface area contributed by atoms with Gasteiger partial charge in [-0.3, -0.25) is 0 Å². The Morgan fingerprint density at radius 2 is 2.10 bits per heavy atom. The van der Waals surface area contributed by atoms with Crippen molar-refractivity contribution in [1.82, 2.24) is 19.2 Å². The van der Waals surface area contributed by atoms with Gasteiger partial charge in [0.25, 0.3) is 0 Å². The lowest BCUT2D eigenvalue weighted by Crippen LogP contribution is -2.06. The summed E-state index contributed by atoms with van der Waals surface area (Å²) in [6.45, 7) is 2.77. The third-order valence-electron chi connectivity index (χ3n) is 5.39. The van der Waals surface area contributed by atoms with E-state index in [1.165, 1.54) is 10.7 Å². The van der Waals surface area contributed by atoms with Crippen LogP contribution in [0.5, 0.6) is 0 Å². The molecule has 30 heavy (non-hydrogen) atoms. The highest BCUT2D eigenvalue weighted by Crippen LogP contribution is 2.36. The molecule has 0 radical (unpaired) electrons. The molecule has 5 rings (SSSR count). The first-order valence-corrected chi connectivity index (χ1v) is 9.94. The van der Waals surface area contributed by atoms with Gasteiger partial charge >= 0.3 is 11.9 Å². The highest BCUT2D eigenvalue weighted by atomic mass is 16.5. The van der Waals surface area contributed by atoms with E-state index in [-0.39, 0.29) is 12.2 Å². The topological polar surface area (TPSA) is 98.7 Å². The zero-order chi connectivity index (χ0) is 20.8. The van der Waals surface area contributed by atoms with E-state index in [0.717, 1.165) is 36.1 Å². The average molecular weight is 404 g/mol. The van der Waals surface area contributed by atoms with Crippen LogP contribution in [0.25, 0.3) is 27.9 Å². The molecular formula is C22H20N4O4. The summed E-state index contributed by atoms with van der Waals surface area (Å²) >= 11 is 0. The van der Waals surface area contributed by atoms with Gasteiger partial charge in [0, 0.05) is 24.3 Å². The molecule has 8 heteroatoms. The number of aromatic carboxylic acids is 1. The van der Waals surface area contributed by atoms with E-state index in [9.17, 15) is 14.7 Å². The SMILES string of the molecule is CCOC(=O)c1ccc2c(C(=O)O)c(-c3cc4cccnc4n3CC3CC3)nn2c1. The summed E-state index contributed by atoms with van der Waals surface area (Å²) in [6.07, 6.45) is 5.57. The predicted molar refractivity (Wildman–Crippen MR) is 110 cm³/mol. The number of carbonyl (C=O) groups excluding carboxylic acids is 1. The fourth-order valence-corrected chi connectivity index (χ4v) is 3.80. The maximum atomic E-state index is 12.2. The number of aromatic nitrogens is 4. The van der Waals surface area contributed by atoms with Gasteiger partial charge < -0.3 is 14.4 Å². The number of carboxylic acid groups (broad SMARTS) is 1. The summed E-state index contributed by atoms with van der Waals surface area (Å²) < 4.78 is 8.55. The normalized spacial score (nSPS) is 13.8. The molecule has 4 heterocycles. The number of hydrogen-bond donors (Lipinski definition) is 1. The number of ether oxygens (including phenoxy) is 1. The molecule has 4 aromatic heterocycles. The van der Waals surface area contributed by atoms with Gasteiger partial charge in [0.05, 0.1) is 23.4 Å². The number of nitrogens with zero attached hydrogens (tertiary/aromatic N) is 4. The van der Waals surface area contributed by atoms with Gasteiger partial charge in [0.1, 0.15) is 16.9 Å². The standard InChI is InChI=1S/C22H20N4O4/c1-2-30-22(29)15-7-8-16-18(21(27)28)19(24-26(16)12-15)17-10-14-4-3-9-23-20(14)25(17)11-13-5-6-13/h3-4,7-10,12-13H,2,5-6,11H2,1H3,(H,27,28). The van der Waals surface area contributed by atoms with Crippen molar-refractivity contribution >= 4 is 28.5 Å². The van der Waals surface area contributed by atoms with Crippen LogP contribution in [0.3, 0.4) is 0 Å². The van der Waals surface area contributed by atoms with Crippen molar-refractivity contribution in [2.45, 2.75) is 26.3 Å². The number of hydrogen-bond acceptors (Lipinski definition) is 5. The predicted octanol–water partition coefficient (Wildman–Crippen LogP) is 3.64. The lowest BCUT2D eigenvalue weighted by atomic mass is 10.1. The fourth-order valence-electron chi connectivity index (χ4n) is 3.80. The Balaban J connectivity index is 1.73. The lowest BCUT2D eigenvalue weighted by Gasteiger charge is -2.08. The van der Waals surface area contributed by atoms with Gasteiger partial charge in [-0.05, 0) is 56.0 Å². The molecule has 0 aromatic carbocycles. The van der Waals surface area contributed by atoms with Crippen molar-refractivity contribution in [2.75, 3.05) is 6.61 Å². The summed E-state index contributed by atoms with van der Waals surface area (Å²) in [6, 6.07) is 8.92. The largest absolute Gasteiger partial charge is 0.478 e. The van der Waals surface area contributed by atoms with Gasteiger partial charge in [-0.15, -0.1) is 0 Å². The second-order valence-electron chi connectivity index (χ2n) is 7.50. The summed E-state index contributed by atoms with van der Waals surface area (Å²) in [5.41, 5.74) is 2.74. The molecule has 152 valence electrons. The summed E-state index contributed by atoms with van der Waals surface area (Å²) in [5.74, 6) is -0.970. The van der Waals surface area contributed by atoms with E-state index in [4.69, 9.17) is 4.74 Å². The van der Waals surface area contributed by atoms with E-state index >= 15 is 0 Å². The van der Waals surface area contributed by atoms with Crippen LogP contribution in [0, 0.1) is 5.92 Å². The molecule has 0 amide bonds. The highest BCUT2D eigenvalue weighted by Gasteiger charge is 2.28. The molecule has 1 N–H and O–H groups in total. The maximum Gasteiger partial charge on any atom is 0.340 e. The molecule has 1 aliphatic carbocycles. The van der Waals surface area contributed by atoms with Crippen LogP contribution in [-0.2, 0) is 11.3 Å². The summed E-state index contributed by atoms with van der Waals surface area (Å²) in [4.78, 5) is 28.8. The Hall–Kier alpha value is -3.68. The van der Waals surface area contributed by atoms with Crippen LogP contribution in [0.4, 0.5) is 0 Å². The van der Waals surface area contributed by atoms with Crippen LogP contribution in [0.15, 0.2) is 42.7 Å². The quantitative estimate of drug-likeness (QED) is 0.493. The Morgan fingerprint density at radius 1 is 1.27 bits per heavy atom. The molecule has 0 unspecified atom stereocenters. The van der Waals surface area contributed by atoms with Crippen LogP contribution in [0.2, 0.25) is 0 Å². The minimum atomic E-state index is -1.07. The fraction of sp³-hybridized carbons (Fsp3) is 0.273. The van der Waals surface area contributed by atoms with Crippen LogP contribution >= 0.6 is 0 Å². The van der Waals surface area contributed by atoms with E-state index in [2.05, 4.69) is 14.6 Å². The van der Waals surface area contributed by atoms with E-state index in [1.807, 2.05) is 18.2 Å². The van der Waals surface area contributed by atoms with Crippen molar-refractivity contribution < 1.29 is 19.4 Å². The molecular weight excluding hydrogens is 384 g/mol. The first-order chi connectivity index (χ1) is 14.6. The smallest absolute Gasteiger partial charge is 0.340 e. The highest BCUT2D eigenvalue weighted by molar-refractivity contribution is 6.03. The van der Waals surface area contributed by atoms with Gasteiger partial charge in [0.2, 0.25) is 0 Å². The summed E-state index contributed by atoms with van der Waals surface area (Å²) in [5, 5.41) is 15.5. The van der Waals surface area contributed by atoms with Gasteiger partial charge in [0.15, 0.2) is 0 Å². The van der Waals surface area contributed by atoms with Gasteiger partial charge in [-0.1, -0.05) is 0 Å². The lowest BCUT2D eigenvalue weighted by molar-refractivity contribution is 0.0525. The number of carboxylic acids is 1. The molecule has 0 aliphatic heterocycles. The third kappa shape index (κ3) is 3.01. The molecule has 4 aromatic rings. The number of rotatable bonds is 6. The van der Waals surface area contributed by atoms with Crippen molar-refractivity contribution in [3.63, 3.8) is 0 Å². The molecule has 1 aliphatic rings. The Labute approximate surface area is 171 Å². The van der Waals surface area contributed by atoms with Crippen molar-refractivity contribution in [3.8, 4) is 11.4 Å². The first-order valence-electron chi connectivity index (χ1n) is 9.94. The van der Waals surface area contributed by atoms with Crippen LogP contribution in [0.1, 0.15) is 40.5 Å². The Morgan fingerprint density at radius 3 is 2.83 bits per heavy atom. The average Bonchev–Trinajstić information content (AvgIpc) is 3.36. The zero-order valence-corrected chi connectivity index (χ0v) is 16.4. The second-order valence-corrected chi connectivity index (χ2v) is 7.50. The monoisotopic (exact) mass is 404 g/mol. The molecule has 0 bridgehead atoms. The maximum absolute atomic E-state index is 12.2. The first kappa shape index (κ1) is 18.4. The zero-order valence-electron chi connectivity index (χ0n) is 16.4. The minimum absolute atomic E-state index is 0.102. The minimum Gasteiger partial charge on any atom is -0.478 e. The second kappa shape index (κ2) is 6.98. The molecule has 8 nitrogen and oxygen atoms in total. The summed E-state index contributed by atoms with van der Waals surface area (Å²) in [7, 11) is 0. The van der Waals surface area contributed by atoms with E-state index in [1.54, 1.807) is 25.3 Å². The third-order valence-corrected chi connectivity index (χ3v) is 5.39. The Bertz CT molecular complexity index is 1300. The molecule has 1 saturated carbocycles. The number of fused-ring (bicyclic) bond motifs is 2. The Kier molecular flexibility index (Phi) is 4.27. The van der Waals surface area contributed by atoms with Crippen molar-refractivity contribution in [2.24, 2.45) is 5.92 Å². The van der Waals surface area contributed by atoms with E-state index < -0.39 is 11.9 Å². The number of pyridine rings is 2. The van der Waals surface area contributed by atoms with Crippen molar-refractivity contribution in [3.05, 3.63) is 53.9 Å². The molecule has 0 atom stereocenters. The van der Waals surface area contributed by atoms with Gasteiger partial charge in [-0.25, -0.2) is 19.1 Å². The van der Waals surface area contributed by atoms with Crippen LogP contribution in [-0.4, -0.2) is 42.8 Å².